The molecule has 2 heteroatoms. The van der Waals surface area contributed by atoms with Gasteiger partial charge in [0.25, 0.3) is 0 Å². The molecule has 0 unspecified atom stereocenters. The quantitative estimate of drug-likeness (QED) is 0.162. The van der Waals surface area contributed by atoms with E-state index in [0.29, 0.717) is 5.92 Å². The fraction of sp³-hybridized carbons (Fsp3) is 0.208. The summed E-state index contributed by atoms with van der Waals surface area (Å²) in [6.07, 6.45) is 4.35. The molecule has 3 aliphatic rings. The molecule has 0 heterocycles. The standard InChI is InChI=1S/C53H48N2/c1-36(2)43-25-16-26-46-49(43)44-35-42(29-30-45(44)52(46,3)4)55(41-23-12-7-13-24-41)48-28-15-18-38-32-34-53(51(38)48)33-31-37-17-14-27-47(50(37)53)54(39-19-8-5-9-20-39)40-21-10-6-11-22-40/h5-30,35-36H,31-34H2,1-4H3/t53-/m1/s1. The molecule has 7 aromatic carbocycles. The molecule has 1 spiro atoms. The summed E-state index contributed by atoms with van der Waals surface area (Å²) in [7, 11) is 0. The lowest BCUT2D eigenvalue weighted by atomic mass is 9.74. The lowest BCUT2D eigenvalue weighted by Gasteiger charge is -2.37. The van der Waals surface area contributed by atoms with E-state index in [2.05, 4.69) is 201 Å². The van der Waals surface area contributed by atoms with Crippen molar-refractivity contribution in [3.8, 4) is 11.1 Å². The van der Waals surface area contributed by atoms with E-state index >= 15 is 0 Å². The van der Waals surface area contributed by atoms with Crippen LogP contribution < -0.4 is 9.80 Å². The molecule has 0 bridgehead atoms. The molecular formula is C53H48N2. The topological polar surface area (TPSA) is 6.48 Å². The van der Waals surface area contributed by atoms with E-state index in [1.165, 1.54) is 84.2 Å². The molecule has 1 atom stereocenters. The average molecular weight is 713 g/mol. The fourth-order valence-electron chi connectivity index (χ4n) is 10.5. The van der Waals surface area contributed by atoms with Crippen LogP contribution in [0.3, 0.4) is 0 Å². The van der Waals surface area contributed by atoms with Gasteiger partial charge in [0.05, 0.1) is 11.4 Å². The van der Waals surface area contributed by atoms with E-state index in [-0.39, 0.29) is 10.8 Å². The third-order valence-corrected chi connectivity index (χ3v) is 13.0. The summed E-state index contributed by atoms with van der Waals surface area (Å²) in [6.45, 7) is 9.46. The van der Waals surface area contributed by atoms with Crippen LogP contribution in [0.4, 0.5) is 34.1 Å². The monoisotopic (exact) mass is 712 g/mol. The van der Waals surface area contributed by atoms with Crippen LogP contribution in [0, 0.1) is 0 Å². The molecular weight excluding hydrogens is 665 g/mol. The molecule has 7 aromatic rings. The molecule has 0 radical (unpaired) electrons. The SMILES string of the molecule is CC(C)c1cccc2c1-c1cc(N(c3ccccc3)c3cccc4c3[C@]3(CCc5cccc(N(c6ccccc6)c6ccccc6)c53)CC4)ccc1C2(C)C. The number of anilines is 6. The average Bonchev–Trinajstić information content (AvgIpc) is 3.87. The summed E-state index contributed by atoms with van der Waals surface area (Å²) in [6, 6.07) is 61.3. The number of hydrogen-bond acceptors (Lipinski definition) is 2. The Morgan fingerprint density at radius 2 is 0.964 bits per heavy atom. The van der Waals surface area contributed by atoms with Gasteiger partial charge in [0.15, 0.2) is 0 Å². The summed E-state index contributed by atoms with van der Waals surface area (Å²) in [4.78, 5) is 5.06. The predicted octanol–water partition coefficient (Wildman–Crippen LogP) is 14.2. The largest absolute Gasteiger partial charge is 0.310 e. The number of hydrogen-bond donors (Lipinski definition) is 0. The molecule has 0 amide bonds. The van der Waals surface area contributed by atoms with Gasteiger partial charge in [-0.25, -0.2) is 0 Å². The van der Waals surface area contributed by atoms with E-state index in [1.54, 1.807) is 0 Å². The lowest BCUT2D eigenvalue weighted by Crippen LogP contribution is -2.27. The number of fused-ring (bicyclic) bond motifs is 7. The van der Waals surface area contributed by atoms with E-state index < -0.39 is 0 Å². The summed E-state index contributed by atoms with van der Waals surface area (Å²) >= 11 is 0. The van der Waals surface area contributed by atoms with Gasteiger partial charge in [-0.3, -0.25) is 0 Å². The summed E-state index contributed by atoms with van der Waals surface area (Å²) in [5.74, 6) is 0.436. The second kappa shape index (κ2) is 12.9. The van der Waals surface area contributed by atoms with Crippen molar-refractivity contribution < 1.29 is 0 Å². The molecule has 3 aliphatic carbocycles. The number of benzene rings is 7. The normalized spacial score (nSPS) is 17.2. The maximum absolute atomic E-state index is 2.57. The van der Waals surface area contributed by atoms with Crippen LogP contribution in [0.2, 0.25) is 0 Å². The Hall–Kier alpha value is -5.86. The second-order valence-corrected chi connectivity index (χ2v) is 16.7. The van der Waals surface area contributed by atoms with E-state index in [9.17, 15) is 0 Å². The number of aryl methyl sites for hydroxylation is 2. The van der Waals surface area contributed by atoms with E-state index in [1.807, 2.05) is 0 Å². The van der Waals surface area contributed by atoms with Crippen LogP contribution >= 0.6 is 0 Å². The van der Waals surface area contributed by atoms with Crippen LogP contribution in [-0.4, -0.2) is 0 Å². The molecule has 0 aliphatic heterocycles. The van der Waals surface area contributed by atoms with E-state index in [4.69, 9.17) is 0 Å². The summed E-state index contributed by atoms with van der Waals surface area (Å²) in [5.41, 5.74) is 20.2. The van der Waals surface area contributed by atoms with Gasteiger partial charge < -0.3 is 9.80 Å². The molecule has 0 fully saturated rings. The smallest absolute Gasteiger partial charge is 0.0505 e. The highest BCUT2D eigenvalue weighted by molar-refractivity contribution is 5.90. The Kier molecular flexibility index (Phi) is 7.89. The molecule has 0 saturated heterocycles. The maximum atomic E-state index is 2.57. The van der Waals surface area contributed by atoms with Crippen LogP contribution in [0.15, 0.2) is 164 Å². The third kappa shape index (κ3) is 5.14. The van der Waals surface area contributed by atoms with Crippen LogP contribution in [0.1, 0.15) is 85.4 Å². The van der Waals surface area contributed by atoms with Gasteiger partial charge in [-0.1, -0.05) is 131 Å². The first kappa shape index (κ1) is 33.7. The Balaban J connectivity index is 1.20. The zero-order valence-electron chi connectivity index (χ0n) is 32.4. The highest BCUT2D eigenvalue weighted by atomic mass is 15.2. The first-order chi connectivity index (χ1) is 26.9. The number of rotatable bonds is 7. The molecule has 270 valence electrons. The zero-order chi connectivity index (χ0) is 37.3. The Labute approximate surface area is 326 Å². The first-order valence-electron chi connectivity index (χ1n) is 20.2. The van der Waals surface area contributed by atoms with Crippen molar-refractivity contribution in [1.29, 1.82) is 0 Å². The lowest BCUT2D eigenvalue weighted by molar-refractivity contribution is 0.508. The van der Waals surface area contributed by atoms with Gasteiger partial charge in [-0.2, -0.15) is 0 Å². The fourth-order valence-corrected chi connectivity index (χ4v) is 10.5. The first-order valence-corrected chi connectivity index (χ1v) is 20.2. The molecule has 55 heavy (non-hydrogen) atoms. The summed E-state index contributed by atoms with van der Waals surface area (Å²) in [5, 5.41) is 0. The van der Waals surface area contributed by atoms with Crippen LogP contribution in [-0.2, 0) is 23.7 Å². The third-order valence-electron chi connectivity index (χ3n) is 13.0. The molecule has 0 saturated carbocycles. The number of nitrogens with zero attached hydrogens (tertiary/aromatic N) is 2. The minimum Gasteiger partial charge on any atom is -0.310 e. The van der Waals surface area contributed by atoms with Crippen LogP contribution in [0.5, 0.6) is 0 Å². The van der Waals surface area contributed by atoms with Gasteiger partial charge in [-0.05, 0) is 142 Å². The van der Waals surface area contributed by atoms with Crippen molar-refractivity contribution in [3.05, 3.63) is 203 Å². The van der Waals surface area contributed by atoms with Gasteiger partial charge in [0, 0.05) is 33.6 Å². The maximum Gasteiger partial charge on any atom is 0.0505 e. The minimum absolute atomic E-state index is 0.0585. The van der Waals surface area contributed by atoms with Crippen LogP contribution in [0.25, 0.3) is 11.1 Å². The Morgan fingerprint density at radius 3 is 1.47 bits per heavy atom. The van der Waals surface area contributed by atoms with Crippen molar-refractivity contribution in [1.82, 2.24) is 0 Å². The summed E-state index contributed by atoms with van der Waals surface area (Å²) < 4.78 is 0. The molecule has 2 nitrogen and oxygen atoms in total. The predicted molar refractivity (Wildman–Crippen MR) is 231 cm³/mol. The highest BCUT2D eigenvalue weighted by Gasteiger charge is 2.49. The van der Waals surface area contributed by atoms with Gasteiger partial charge in [-0.15, -0.1) is 0 Å². The van der Waals surface area contributed by atoms with E-state index in [0.717, 1.165) is 25.7 Å². The molecule has 0 N–H and O–H groups in total. The van der Waals surface area contributed by atoms with Crippen molar-refractivity contribution in [2.24, 2.45) is 0 Å². The Bertz CT molecular complexity index is 2510. The second-order valence-electron chi connectivity index (χ2n) is 16.7. The van der Waals surface area contributed by atoms with Crippen molar-refractivity contribution in [2.75, 3.05) is 9.80 Å². The highest BCUT2D eigenvalue weighted by Crippen LogP contribution is 2.60. The Morgan fingerprint density at radius 1 is 0.473 bits per heavy atom. The van der Waals surface area contributed by atoms with Gasteiger partial charge in [0.1, 0.15) is 0 Å². The van der Waals surface area contributed by atoms with Gasteiger partial charge >= 0.3 is 0 Å². The molecule has 0 aromatic heterocycles. The number of para-hydroxylation sites is 3. The molecule has 10 rings (SSSR count). The van der Waals surface area contributed by atoms with Crippen molar-refractivity contribution in [3.63, 3.8) is 0 Å². The van der Waals surface area contributed by atoms with Crippen molar-refractivity contribution in [2.45, 2.75) is 70.1 Å². The van der Waals surface area contributed by atoms with Gasteiger partial charge in [0.2, 0.25) is 0 Å². The van der Waals surface area contributed by atoms with Crippen molar-refractivity contribution >= 4 is 34.1 Å². The minimum atomic E-state index is -0.122. The zero-order valence-corrected chi connectivity index (χ0v) is 32.4.